The van der Waals surface area contributed by atoms with Crippen molar-refractivity contribution in [2.75, 3.05) is 5.32 Å². The van der Waals surface area contributed by atoms with Crippen LogP contribution in [0.15, 0.2) is 24.3 Å². The molecule has 3 nitrogen and oxygen atoms in total. The number of halogens is 1. The number of nitrogens with one attached hydrogen (secondary N) is 1. The maximum absolute atomic E-state index is 6.15. The Morgan fingerprint density at radius 1 is 1.10 bits per heavy atom. The van der Waals surface area contributed by atoms with Gasteiger partial charge in [0, 0.05) is 16.8 Å². The lowest BCUT2D eigenvalue weighted by atomic mass is 9.78. The molecular formula is C17H22ClN3. The molecule has 1 aliphatic carbocycles. The lowest BCUT2D eigenvalue weighted by molar-refractivity contribution is 0.253. The van der Waals surface area contributed by atoms with Gasteiger partial charge in [-0.1, -0.05) is 62.6 Å². The Labute approximate surface area is 131 Å². The van der Waals surface area contributed by atoms with Gasteiger partial charge in [0.25, 0.3) is 0 Å². The molecule has 2 atom stereocenters. The van der Waals surface area contributed by atoms with Crippen molar-refractivity contribution in [1.29, 1.82) is 0 Å². The molecule has 1 aliphatic rings. The molecule has 0 radical (unpaired) electrons. The zero-order chi connectivity index (χ0) is 14.8. The van der Waals surface area contributed by atoms with Gasteiger partial charge in [-0.25, -0.2) is 0 Å². The Hall–Kier alpha value is -1.35. The van der Waals surface area contributed by atoms with Crippen molar-refractivity contribution in [3.8, 4) is 0 Å². The summed E-state index contributed by atoms with van der Waals surface area (Å²) in [5.74, 6) is 2.26. The van der Waals surface area contributed by atoms with Crippen LogP contribution in [0.1, 0.15) is 39.5 Å². The molecule has 1 aromatic heterocycles. The molecule has 4 heteroatoms. The van der Waals surface area contributed by atoms with Crippen LogP contribution in [0.5, 0.6) is 0 Å². The van der Waals surface area contributed by atoms with E-state index < -0.39 is 0 Å². The lowest BCUT2D eigenvalue weighted by Gasteiger charge is -2.35. The fourth-order valence-electron chi connectivity index (χ4n) is 3.49. The molecule has 0 spiro atoms. The van der Waals surface area contributed by atoms with Gasteiger partial charge in [-0.2, -0.15) is 0 Å². The number of hydrogen-bond acceptors (Lipinski definition) is 3. The van der Waals surface area contributed by atoms with E-state index in [2.05, 4.69) is 35.4 Å². The van der Waals surface area contributed by atoms with Gasteiger partial charge in [0.2, 0.25) is 0 Å². The van der Waals surface area contributed by atoms with Crippen molar-refractivity contribution in [2.45, 2.75) is 45.6 Å². The first-order valence-corrected chi connectivity index (χ1v) is 8.22. The molecule has 0 amide bonds. The molecule has 3 rings (SSSR count). The van der Waals surface area contributed by atoms with Crippen molar-refractivity contribution in [3.05, 3.63) is 29.4 Å². The minimum Gasteiger partial charge on any atom is -0.365 e. The second-order valence-electron chi connectivity index (χ2n) is 6.33. The average Bonchev–Trinajstić information content (AvgIpc) is 2.51. The van der Waals surface area contributed by atoms with Gasteiger partial charge in [0.05, 0.1) is 0 Å². The van der Waals surface area contributed by atoms with Gasteiger partial charge in [-0.3, -0.25) is 0 Å². The van der Waals surface area contributed by atoms with Crippen molar-refractivity contribution < 1.29 is 0 Å². The highest BCUT2D eigenvalue weighted by molar-refractivity contribution is 6.34. The molecule has 0 aliphatic heterocycles. The summed E-state index contributed by atoms with van der Waals surface area (Å²) in [6, 6.07) is 8.55. The van der Waals surface area contributed by atoms with Crippen LogP contribution in [0.3, 0.4) is 0 Å². The Morgan fingerprint density at radius 3 is 2.57 bits per heavy atom. The highest BCUT2D eigenvalue weighted by Crippen LogP contribution is 2.34. The van der Waals surface area contributed by atoms with Gasteiger partial charge < -0.3 is 5.32 Å². The van der Waals surface area contributed by atoms with Crippen LogP contribution in [-0.4, -0.2) is 16.2 Å². The van der Waals surface area contributed by atoms with Gasteiger partial charge in [-0.15, -0.1) is 10.2 Å². The van der Waals surface area contributed by atoms with Gasteiger partial charge >= 0.3 is 0 Å². The van der Waals surface area contributed by atoms with Gasteiger partial charge in [0.15, 0.2) is 11.0 Å². The second kappa shape index (κ2) is 6.18. The van der Waals surface area contributed by atoms with Crippen molar-refractivity contribution in [2.24, 2.45) is 11.8 Å². The summed E-state index contributed by atoms with van der Waals surface area (Å²) in [7, 11) is 0. The Morgan fingerprint density at radius 2 is 1.81 bits per heavy atom. The molecule has 1 N–H and O–H groups in total. The van der Waals surface area contributed by atoms with Crippen molar-refractivity contribution in [1.82, 2.24) is 10.2 Å². The first-order chi connectivity index (χ1) is 10.2. The molecule has 2 unspecified atom stereocenters. The molecular weight excluding hydrogens is 282 g/mol. The van der Waals surface area contributed by atoms with Gasteiger partial charge in [0.1, 0.15) is 0 Å². The van der Waals surface area contributed by atoms with Crippen LogP contribution >= 0.6 is 11.6 Å². The van der Waals surface area contributed by atoms with Crippen molar-refractivity contribution in [3.63, 3.8) is 0 Å². The van der Waals surface area contributed by atoms with E-state index in [-0.39, 0.29) is 0 Å². The predicted octanol–water partition coefficient (Wildman–Crippen LogP) is 4.91. The zero-order valence-electron chi connectivity index (χ0n) is 12.6. The minimum absolute atomic E-state index is 0.472. The summed E-state index contributed by atoms with van der Waals surface area (Å²) in [5, 5.41) is 14.5. The lowest BCUT2D eigenvalue weighted by Crippen LogP contribution is -2.35. The molecule has 21 heavy (non-hydrogen) atoms. The predicted molar refractivity (Wildman–Crippen MR) is 88.8 cm³/mol. The SMILES string of the molecule is CC(C)C1CCCCC1Nc1nnc(Cl)c2ccccc12. The van der Waals surface area contributed by atoms with E-state index in [1.165, 1.54) is 25.7 Å². The minimum atomic E-state index is 0.472. The van der Waals surface area contributed by atoms with Crippen LogP contribution in [0.4, 0.5) is 5.82 Å². The Bertz CT molecular complexity index is 626. The number of rotatable bonds is 3. The van der Waals surface area contributed by atoms with Crippen LogP contribution in [0.2, 0.25) is 5.15 Å². The average molecular weight is 304 g/mol. The van der Waals surface area contributed by atoms with Crippen LogP contribution in [0.25, 0.3) is 10.8 Å². The number of benzene rings is 1. The second-order valence-corrected chi connectivity index (χ2v) is 6.69. The summed E-state index contributed by atoms with van der Waals surface area (Å²) in [6.07, 6.45) is 5.14. The van der Waals surface area contributed by atoms with E-state index in [4.69, 9.17) is 11.6 Å². The largest absolute Gasteiger partial charge is 0.365 e. The number of fused-ring (bicyclic) bond motifs is 1. The van der Waals surface area contributed by atoms with Crippen molar-refractivity contribution >= 4 is 28.2 Å². The van der Waals surface area contributed by atoms with E-state index in [0.717, 1.165) is 16.6 Å². The number of aromatic nitrogens is 2. The summed E-state index contributed by atoms with van der Waals surface area (Å²) in [5.41, 5.74) is 0. The summed E-state index contributed by atoms with van der Waals surface area (Å²) in [6.45, 7) is 4.63. The Kier molecular flexibility index (Phi) is 4.29. The first-order valence-electron chi connectivity index (χ1n) is 7.84. The fraction of sp³-hybridized carbons (Fsp3) is 0.529. The molecule has 112 valence electrons. The fourth-order valence-corrected chi connectivity index (χ4v) is 3.69. The third-order valence-electron chi connectivity index (χ3n) is 4.64. The third kappa shape index (κ3) is 2.98. The zero-order valence-corrected chi connectivity index (χ0v) is 13.4. The number of nitrogens with zero attached hydrogens (tertiary/aromatic N) is 2. The first kappa shape index (κ1) is 14.6. The smallest absolute Gasteiger partial charge is 0.159 e. The van der Waals surface area contributed by atoms with Gasteiger partial charge in [-0.05, 0) is 24.7 Å². The highest BCUT2D eigenvalue weighted by atomic mass is 35.5. The number of hydrogen-bond donors (Lipinski definition) is 1. The third-order valence-corrected chi connectivity index (χ3v) is 4.92. The number of anilines is 1. The van der Waals surface area contributed by atoms with E-state index in [0.29, 0.717) is 23.0 Å². The molecule has 2 aromatic rings. The van der Waals surface area contributed by atoms with Crippen LogP contribution in [0, 0.1) is 11.8 Å². The molecule has 1 fully saturated rings. The quantitative estimate of drug-likeness (QED) is 0.875. The molecule has 0 bridgehead atoms. The Balaban J connectivity index is 1.92. The summed E-state index contributed by atoms with van der Waals surface area (Å²) >= 11 is 6.15. The maximum atomic E-state index is 6.15. The molecule has 1 heterocycles. The van der Waals surface area contributed by atoms with E-state index >= 15 is 0 Å². The molecule has 1 aromatic carbocycles. The maximum Gasteiger partial charge on any atom is 0.159 e. The van der Waals surface area contributed by atoms with Crippen LogP contribution < -0.4 is 5.32 Å². The monoisotopic (exact) mass is 303 g/mol. The normalized spacial score (nSPS) is 22.7. The van der Waals surface area contributed by atoms with Crippen LogP contribution in [-0.2, 0) is 0 Å². The molecule has 1 saturated carbocycles. The van der Waals surface area contributed by atoms with E-state index in [1.807, 2.05) is 18.2 Å². The topological polar surface area (TPSA) is 37.8 Å². The summed E-state index contributed by atoms with van der Waals surface area (Å²) < 4.78 is 0. The highest BCUT2D eigenvalue weighted by Gasteiger charge is 2.28. The molecule has 0 saturated heterocycles. The standard InChI is InChI=1S/C17H22ClN3/c1-11(2)12-7-5-6-10-15(12)19-17-14-9-4-3-8-13(14)16(18)20-21-17/h3-4,8-9,11-12,15H,5-7,10H2,1-2H3,(H,19,21). The summed E-state index contributed by atoms with van der Waals surface area (Å²) in [4.78, 5) is 0. The van der Waals surface area contributed by atoms with E-state index in [1.54, 1.807) is 0 Å². The van der Waals surface area contributed by atoms with E-state index in [9.17, 15) is 0 Å².